The van der Waals surface area contributed by atoms with Crippen LogP contribution in [-0.2, 0) is 4.79 Å². The molecule has 0 aromatic carbocycles. The Hall–Kier alpha value is -0.570. The number of amides is 1. The summed E-state index contributed by atoms with van der Waals surface area (Å²) in [7, 11) is 0. The molecule has 1 aliphatic heterocycles. The molecule has 0 saturated carbocycles. The Balaban J connectivity index is 2.38. The summed E-state index contributed by atoms with van der Waals surface area (Å²) in [4.78, 5) is 14.2. The molecule has 1 saturated heterocycles. The normalized spacial score (nSPS) is 18.1. The fourth-order valence-corrected chi connectivity index (χ4v) is 2.57. The predicted octanol–water partition coefficient (Wildman–Crippen LogP) is 2.01. The molecule has 0 spiro atoms. The van der Waals surface area contributed by atoms with Gasteiger partial charge in [0.15, 0.2) is 0 Å². The Bertz CT molecular complexity index is 206. The van der Waals surface area contributed by atoms with E-state index in [1.807, 2.05) is 0 Å². The third kappa shape index (κ3) is 3.48. The zero-order valence-corrected chi connectivity index (χ0v) is 10.7. The standard InChI is InChI=1S/C13H26N2O/c1-3-12(4-2)13(16)15-9-6-11(5-8-14)7-10-15/h11-12H,3-10,14H2,1-2H3. The molecular weight excluding hydrogens is 200 g/mol. The summed E-state index contributed by atoms with van der Waals surface area (Å²) in [5, 5.41) is 0. The van der Waals surface area contributed by atoms with Crippen molar-refractivity contribution in [2.24, 2.45) is 17.6 Å². The van der Waals surface area contributed by atoms with Gasteiger partial charge in [-0.25, -0.2) is 0 Å². The molecule has 94 valence electrons. The van der Waals surface area contributed by atoms with Crippen LogP contribution in [0, 0.1) is 11.8 Å². The molecule has 1 rings (SSSR count). The van der Waals surface area contributed by atoms with Gasteiger partial charge < -0.3 is 10.6 Å². The Morgan fingerprint density at radius 1 is 1.31 bits per heavy atom. The summed E-state index contributed by atoms with van der Waals surface area (Å²) < 4.78 is 0. The lowest BCUT2D eigenvalue weighted by Gasteiger charge is -2.33. The first-order valence-corrected chi connectivity index (χ1v) is 6.71. The lowest BCUT2D eigenvalue weighted by molar-refractivity contribution is -0.137. The number of carbonyl (C=O) groups is 1. The van der Waals surface area contributed by atoms with Crippen molar-refractivity contribution in [3.05, 3.63) is 0 Å². The number of hydrogen-bond donors (Lipinski definition) is 1. The van der Waals surface area contributed by atoms with Crippen molar-refractivity contribution in [2.75, 3.05) is 19.6 Å². The maximum atomic E-state index is 12.1. The molecular formula is C13H26N2O. The summed E-state index contributed by atoms with van der Waals surface area (Å²) in [6, 6.07) is 0. The zero-order chi connectivity index (χ0) is 12.0. The molecule has 0 aromatic rings. The molecule has 3 nitrogen and oxygen atoms in total. The number of nitrogens with zero attached hydrogens (tertiary/aromatic N) is 1. The van der Waals surface area contributed by atoms with Crippen LogP contribution in [0.5, 0.6) is 0 Å². The Morgan fingerprint density at radius 2 is 1.88 bits per heavy atom. The second-order valence-electron chi connectivity index (χ2n) is 4.86. The summed E-state index contributed by atoms with van der Waals surface area (Å²) in [6.45, 7) is 6.88. The highest BCUT2D eigenvalue weighted by molar-refractivity contribution is 5.78. The van der Waals surface area contributed by atoms with Gasteiger partial charge in [-0.15, -0.1) is 0 Å². The first-order chi connectivity index (χ1) is 7.72. The van der Waals surface area contributed by atoms with Gasteiger partial charge in [-0.1, -0.05) is 13.8 Å². The zero-order valence-electron chi connectivity index (χ0n) is 10.7. The third-order valence-corrected chi connectivity index (χ3v) is 3.84. The van der Waals surface area contributed by atoms with E-state index in [1.165, 1.54) is 0 Å². The van der Waals surface area contributed by atoms with Crippen molar-refractivity contribution >= 4 is 5.91 Å². The van der Waals surface area contributed by atoms with Crippen LogP contribution in [-0.4, -0.2) is 30.4 Å². The van der Waals surface area contributed by atoms with Gasteiger partial charge in [0.1, 0.15) is 0 Å². The highest BCUT2D eigenvalue weighted by atomic mass is 16.2. The molecule has 1 amide bonds. The molecule has 0 aromatic heterocycles. The van der Waals surface area contributed by atoms with Gasteiger partial charge in [-0.2, -0.15) is 0 Å². The van der Waals surface area contributed by atoms with Gasteiger partial charge >= 0.3 is 0 Å². The van der Waals surface area contributed by atoms with Crippen LogP contribution in [0.4, 0.5) is 0 Å². The number of carbonyl (C=O) groups excluding carboxylic acids is 1. The van der Waals surface area contributed by atoms with E-state index in [9.17, 15) is 4.79 Å². The SMILES string of the molecule is CCC(CC)C(=O)N1CCC(CCN)CC1. The molecule has 0 radical (unpaired) electrons. The average Bonchev–Trinajstić information content (AvgIpc) is 2.32. The molecule has 3 heteroatoms. The fourth-order valence-electron chi connectivity index (χ4n) is 2.57. The molecule has 0 atom stereocenters. The Labute approximate surface area is 99.4 Å². The number of rotatable bonds is 5. The van der Waals surface area contributed by atoms with E-state index in [0.717, 1.165) is 57.7 Å². The van der Waals surface area contributed by atoms with E-state index >= 15 is 0 Å². The lowest BCUT2D eigenvalue weighted by Crippen LogP contribution is -2.41. The summed E-state index contributed by atoms with van der Waals surface area (Å²) >= 11 is 0. The van der Waals surface area contributed by atoms with Crippen molar-refractivity contribution < 1.29 is 4.79 Å². The van der Waals surface area contributed by atoms with Crippen LogP contribution in [0.2, 0.25) is 0 Å². The number of nitrogens with two attached hydrogens (primary N) is 1. The van der Waals surface area contributed by atoms with Crippen molar-refractivity contribution in [3.63, 3.8) is 0 Å². The Morgan fingerprint density at radius 3 is 2.31 bits per heavy atom. The van der Waals surface area contributed by atoms with Gasteiger partial charge in [0.25, 0.3) is 0 Å². The molecule has 2 N–H and O–H groups in total. The van der Waals surface area contributed by atoms with Gasteiger partial charge in [0.05, 0.1) is 0 Å². The van der Waals surface area contributed by atoms with Gasteiger partial charge in [-0.3, -0.25) is 4.79 Å². The van der Waals surface area contributed by atoms with E-state index in [1.54, 1.807) is 0 Å². The minimum absolute atomic E-state index is 0.242. The lowest BCUT2D eigenvalue weighted by atomic mass is 9.92. The number of hydrogen-bond acceptors (Lipinski definition) is 2. The van der Waals surface area contributed by atoms with Crippen molar-refractivity contribution in [3.8, 4) is 0 Å². The second kappa shape index (κ2) is 6.89. The summed E-state index contributed by atoms with van der Waals surface area (Å²) in [6.07, 6.45) is 5.34. The van der Waals surface area contributed by atoms with E-state index in [2.05, 4.69) is 18.7 Å². The van der Waals surface area contributed by atoms with E-state index in [0.29, 0.717) is 5.91 Å². The third-order valence-electron chi connectivity index (χ3n) is 3.84. The van der Waals surface area contributed by atoms with Crippen molar-refractivity contribution in [1.29, 1.82) is 0 Å². The predicted molar refractivity (Wildman–Crippen MR) is 67.0 cm³/mol. The van der Waals surface area contributed by atoms with Crippen LogP contribution >= 0.6 is 0 Å². The molecule has 0 aliphatic carbocycles. The summed E-state index contributed by atoms with van der Waals surface area (Å²) in [5.41, 5.74) is 5.56. The smallest absolute Gasteiger partial charge is 0.225 e. The highest BCUT2D eigenvalue weighted by Crippen LogP contribution is 2.22. The van der Waals surface area contributed by atoms with Crippen molar-refractivity contribution in [2.45, 2.75) is 46.0 Å². The van der Waals surface area contributed by atoms with Crippen molar-refractivity contribution in [1.82, 2.24) is 4.90 Å². The minimum Gasteiger partial charge on any atom is -0.342 e. The quantitative estimate of drug-likeness (QED) is 0.779. The molecule has 0 bridgehead atoms. The second-order valence-corrected chi connectivity index (χ2v) is 4.86. The highest BCUT2D eigenvalue weighted by Gasteiger charge is 2.25. The molecule has 1 fully saturated rings. The van der Waals surface area contributed by atoms with Crippen LogP contribution in [0.25, 0.3) is 0 Å². The number of likely N-dealkylation sites (tertiary alicyclic amines) is 1. The van der Waals surface area contributed by atoms with E-state index < -0.39 is 0 Å². The van der Waals surface area contributed by atoms with Crippen LogP contribution in [0.3, 0.4) is 0 Å². The van der Waals surface area contributed by atoms with E-state index in [-0.39, 0.29) is 5.92 Å². The minimum atomic E-state index is 0.242. The van der Waals surface area contributed by atoms with Gasteiger partial charge in [-0.05, 0) is 44.6 Å². The Kier molecular flexibility index (Phi) is 5.81. The maximum Gasteiger partial charge on any atom is 0.225 e. The van der Waals surface area contributed by atoms with Crippen LogP contribution in [0.1, 0.15) is 46.0 Å². The average molecular weight is 226 g/mol. The molecule has 0 unspecified atom stereocenters. The molecule has 1 aliphatic rings. The first-order valence-electron chi connectivity index (χ1n) is 6.71. The monoisotopic (exact) mass is 226 g/mol. The topological polar surface area (TPSA) is 46.3 Å². The van der Waals surface area contributed by atoms with Gasteiger partial charge in [0.2, 0.25) is 5.91 Å². The summed E-state index contributed by atoms with van der Waals surface area (Å²) in [5.74, 6) is 1.36. The van der Waals surface area contributed by atoms with Crippen LogP contribution in [0.15, 0.2) is 0 Å². The molecule has 1 heterocycles. The molecule has 16 heavy (non-hydrogen) atoms. The maximum absolute atomic E-state index is 12.1. The first kappa shape index (κ1) is 13.5. The van der Waals surface area contributed by atoms with Crippen LogP contribution < -0.4 is 5.73 Å². The van der Waals surface area contributed by atoms with Gasteiger partial charge in [0, 0.05) is 19.0 Å². The van der Waals surface area contributed by atoms with E-state index in [4.69, 9.17) is 5.73 Å². The largest absolute Gasteiger partial charge is 0.342 e. The number of piperidine rings is 1. The fraction of sp³-hybridized carbons (Fsp3) is 0.923.